The van der Waals surface area contributed by atoms with Gasteiger partial charge in [-0.15, -0.1) is 0 Å². The lowest BCUT2D eigenvalue weighted by Gasteiger charge is -2.14. The SMILES string of the molecule is O=C1NC(=O)C(c2cc(O)cc3ccoc23)=C1c1cn2c3c(cccc13)CCC2. The van der Waals surface area contributed by atoms with Gasteiger partial charge in [0.1, 0.15) is 11.3 Å². The molecule has 6 rings (SSSR count). The molecule has 2 aliphatic rings. The van der Waals surface area contributed by atoms with E-state index in [1.807, 2.05) is 18.3 Å². The summed E-state index contributed by atoms with van der Waals surface area (Å²) in [6, 6.07) is 10.8. The first kappa shape index (κ1) is 16.2. The average Bonchev–Trinajstić information content (AvgIpc) is 3.38. The summed E-state index contributed by atoms with van der Waals surface area (Å²) in [5.41, 5.74) is 4.52. The number of aromatic nitrogens is 1. The minimum Gasteiger partial charge on any atom is -0.508 e. The molecule has 0 unspecified atom stereocenters. The van der Waals surface area contributed by atoms with Crippen molar-refractivity contribution in [2.45, 2.75) is 19.4 Å². The molecule has 2 aromatic heterocycles. The molecular weight excluding hydrogens is 368 g/mol. The number of phenols is 1. The zero-order valence-electron chi connectivity index (χ0n) is 15.4. The number of aryl methyl sites for hydroxylation is 2. The Balaban J connectivity index is 1.71. The van der Waals surface area contributed by atoms with Crippen molar-refractivity contribution in [3.05, 3.63) is 65.5 Å². The van der Waals surface area contributed by atoms with E-state index >= 15 is 0 Å². The molecule has 6 heteroatoms. The van der Waals surface area contributed by atoms with Crippen LogP contribution in [0.5, 0.6) is 5.75 Å². The van der Waals surface area contributed by atoms with E-state index in [0.717, 1.165) is 35.9 Å². The van der Waals surface area contributed by atoms with Crippen molar-refractivity contribution < 1.29 is 19.1 Å². The number of rotatable bonds is 2. The normalized spacial score (nSPS) is 16.3. The third-order valence-electron chi connectivity index (χ3n) is 5.83. The molecule has 0 saturated heterocycles. The Labute approximate surface area is 165 Å². The van der Waals surface area contributed by atoms with Crippen LogP contribution in [-0.4, -0.2) is 21.5 Å². The Morgan fingerprint density at radius 3 is 2.72 bits per heavy atom. The second-order valence-electron chi connectivity index (χ2n) is 7.52. The van der Waals surface area contributed by atoms with Crippen LogP contribution in [0.15, 0.2) is 53.3 Å². The summed E-state index contributed by atoms with van der Waals surface area (Å²) in [6.07, 6.45) is 5.50. The van der Waals surface area contributed by atoms with Crippen LogP contribution in [0.1, 0.15) is 23.1 Å². The maximum Gasteiger partial charge on any atom is 0.259 e. The van der Waals surface area contributed by atoms with Crippen LogP contribution < -0.4 is 5.32 Å². The van der Waals surface area contributed by atoms with Crippen LogP contribution >= 0.6 is 0 Å². The molecule has 6 nitrogen and oxygen atoms in total. The van der Waals surface area contributed by atoms with Crippen molar-refractivity contribution in [2.75, 3.05) is 0 Å². The Bertz CT molecular complexity index is 1400. The summed E-state index contributed by atoms with van der Waals surface area (Å²) >= 11 is 0. The van der Waals surface area contributed by atoms with Gasteiger partial charge in [0, 0.05) is 34.6 Å². The summed E-state index contributed by atoms with van der Waals surface area (Å²) in [5, 5.41) is 14.2. The maximum absolute atomic E-state index is 12.9. The van der Waals surface area contributed by atoms with E-state index in [-0.39, 0.29) is 11.3 Å². The molecule has 2 aliphatic heterocycles. The first-order valence-corrected chi connectivity index (χ1v) is 9.53. The van der Waals surface area contributed by atoms with Gasteiger partial charge < -0.3 is 14.1 Å². The molecule has 4 aromatic rings. The van der Waals surface area contributed by atoms with Crippen molar-refractivity contribution in [3.8, 4) is 5.75 Å². The second-order valence-corrected chi connectivity index (χ2v) is 7.52. The maximum atomic E-state index is 12.9. The summed E-state index contributed by atoms with van der Waals surface area (Å²) < 4.78 is 7.75. The third kappa shape index (κ3) is 2.17. The Morgan fingerprint density at radius 1 is 1.03 bits per heavy atom. The molecular formula is C23H16N2O4. The molecule has 0 bridgehead atoms. The number of benzene rings is 2. The van der Waals surface area contributed by atoms with Gasteiger partial charge in [-0.3, -0.25) is 14.9 Å². The third-order valence-corrected chi connectivity index (χ3v) is 5.83. The number of aromatic hydroxyl groups is 1. The van der Waals surface area contributed by atoms with Crippen molar-refractivity contribution in [1.29, 1.82) is 0 Å². The summed E-state index contributed by atoms with van der Waals surface area (Å²) in [4.78, 5) is 25.7. The van der Waals surface area contributed by atoms with Crippen molar-refractivity contribution in [1.82, 2.24) is 9.88 Å². The van der Waals surface area contributed by atoms with Crippen molar-refractivity contribution in [3.63, 3.8) is 0 Å². The minimum atomic E-state index is -0.486. The van der Waals surface area contributed by atoms with E-state index in [0.29, 0.717) is 22.1 Å². The van der Waals surface area contributed by atoms with Crippen molar-refractivity contribution in [2.24, 2.45) is 0 Å². The van der Waals surface area contributed by atoms with Crippen LogP contribution in [0.4, 0.5) is 0 Å². The fourth-order valence-electron chi connectivity index (χ4n) is 4.68. The number of nitrogens with zero attached hydrogens (tertiary/aromatic N) is 1. The highest BCUT2D eigenvalue weighted by Gasteiger charge is 2.36. The van der Waals surface area contributed by atoms with E-state index in [1.165, 1.54) is 17.9 Å². The lowest BCUT2D eigenvalue weighted by molar-refractivity contribution is -0.122. The molecule has 2 aromatic carbocycles. The largest absolute Gasteiger partial charge is 0.508 e. The summed E-state index contributed by atoms with van der Waals surface area (Å²) in [7, 11) is 0. The number of para-hydroxylation sites is 1. The molecule has 0 atom stereocenters. The van der Waals surface area contributed by atoms with E-state index in [2.05, 4.69) is 16.0 Å². The number of imide groups is 1. The lowest BCUT2D eigenvalue weighted by atomic mass is 9.94. The minimum absolute atomic E-state index is 0.00975. The van der Waals surface area contributed by atoms with Gasteiger partial charge in [0.2, 0.25) is 0 Å². The summed E-state index contributed by atoms with van der Waals surface area (Å²) in [5.74, 6) is -0.910. The zero-order valence-corrected chi connectivity index (χ0v) is 15.4. The van der Waals surface area contributed by atoms with Gasteiger partial charge in [0.05, 0.1) is 22.9 Å². The molecule has 2 amide bonds. The zero-order chi connectivity index (χ0) is 19.7. The topological polar surface area (TPSA) is 84.5 Å². The fraction of sp³-hybridized carbons (Fsp3) is 0.130. The first-order valence-electron chi connectivity index (χ1n) is 9.53. The van der Waals surface area contributed by atoms with Gasteiger partial charge >= 0.3 is 0 Å². The van der Waals surface area contributed by atoms with Crippen LogP contribution in [0.3, 0.4) is 0 Å². The van der Waals surface area contributed by atoms with Crippen LogP contribution in [0, 0.1) is 0 Å². The highest BCUT2D eigenvalue weighted by Crippen LogP contribution is 2.41. The van der Waals surface area contributed by atoms with E-state index in [1.54, 1.807) is 12.1 Å². The Morgan fingerprint density at radius 2 is 1.86 bits per heavy atom. The smallest absolute Gasteiger partial charge is 0.259 e. The molecule has 0 aliphatic carbocycles. The van der Waals surface area contributed by atoms with Crippen molar-refractivity contribution >= 4 is 44.8 Å². The van der Waals surface area contributed by atoms with Gasteiger partial charge in [-0.05, 0) is 36.6 Å². The summed E-state index contributed by atoms with van der Waals surface area (Å²) in [6.45, 7) is 0.875. The molecule has 0 fully saturated rings. The van der Waals surface area contributed by atoms with Gasteiger partial charge in [-0.25, -0.2) is 0 Å². The quantitative estimate of drug-likeness (QED) is 0.517. The fourth-order valence-corrected chi connectivity index (χ4v) is 4.68. The number of fused-ring (bicyclic) bond motifs is 1. The van der Waals surface area contributed by atoms with E-state index in [4.69, 9.17) is 4.42 Å². The lowest BCUT2D eigenvalue weighted by Crippen LogP contribution is -2.22. The predicted molar refractivity (Wildman–Crippen MR) is 108 cm³/mol. The number of amides is 2. The highest BCUT2D eigenvalue weighted by atomic mass is 16.3. The molecule has 0 radical (unpaired) electrons. The number of hydrogen-bond acceptors (Lipinski definition) is 4. The van der Waals surface area contributed by atoms with E-state index < -0.39 is 11.8 Å². The van der Waals surface area contributed by atoms with E-state index in [9.17, 15) is 14.7 Å². The Kier molecular flexibility index (Phi) is 3.13. The molecule has 0 spiro atoms. The second kappa shape index (κ2) is 5.61. The van der Waals surface area contributed by atoms with Gasteiger partial charge in [0.15, 0.2) is 0 Å². The predicted octanol–water partition coefficient (Wildman–Crippen LogP) is 3.61. The highest BCUT2D eigenvalue weighted by molar-refractivity contribution is 6.50. The number of phenolic OH excluding ortho intramolecular Hbond substituents is 1. The standard InChI is InChI=1S/C23H16N2O4/c26-14-9-13-6-8-29-21(13)16(10-14)18-19(23(28)24-22(18)27)17-11-25-7-2-4-12-3-1-5-15(17)20(12)25/h1,3,5-6,8-11,26H,2,4,7H2,(H,24,27,28). The number of furan rings is 1. The number of carbonyl (C=O) groups is 2. The number of nitrogens with one attached hydrogen (secondary N) is 1. The monoisotopic (exact) mass is 384 g/mol. The van der Waals surface area contributed by atoms with Gasteiger partial charge in [0.25, 0.3) is 11.8 Å². The molecule has 4 heterocycles. The Hall–Kier alpha value is -3.80. The van der Waals surface area contributed by atoms with Crippen LogP contribution in [0.25, 0.3) is 33.0 Å². The average molecular weight is 384 g/mol. The van der Waals surface area contributed by atoms with Crippen LogP contribution in [-0.2, 0) is 22.6 Å². The molecule has 29 heavy (non-hydrogen) atoms. The number of carbonyl (C=O) groups excluding carboxylic acids is 2. The molecule has 2 N–H and O–H groups in total. The molecule has 0 saturated carbocycles. The molecule has 142 valence electrons. The van der Waals surface area contributed by atoms with Crippen LogP contribution in [0.2, 0.25) is 0 Å². The van der Waals surface area contributed by atoms with Gasteiger partial charge in [-0.2, -0.15) is 0 Å². The van der Waals surface area contributed by atoms with Gasteiger partial charge in [-0.1, -0.05) is 18.2 Å². The first-order chi connectivity index (χ1) is 14.1. The number of hydrogen-bond donors (Lipinski definition) is 2.